The third-order valence-electron chi connectivity index (χ3n) is 3.09. The van der Waals surface area contributed by atoms with Crippen molar-refractivity contribution in [3.8, 4) is 0 Å². The molecule has 0 fully saturated rings. The molecule has 0 aliphatic heterocycles. The third kappa shape index (κ3) is 4.02. The van der Waals surface area contributed by atoms with Crippen molar-refractivity contribution < 1.29 is 9.53 Å². The van der Waals surface area contributed by atoms with E-state index in [4.69, 9.17) is 16.3 Å². The molecule has 0 bridgehead atoms. The minimum Gasteiger partial charge on any atom is -0.460 e. The van der Waals surface area contributed by atoms with E-state index in [-0.39, 0.29) is 18.3 Å². The fraction of sp³-hybridized carbons (Fsp3) is 0.333. The molecular weight excluding hydrogens is 308 g/mol. The molecule has 0 aliphatic rings. The molecule has 0 radical (unpaired) electrons. The highest BCUT2D eigenvalue weighted by Gasteiger charge is 2.13. The van der Waals surface area contributed by atoms with Crippen LogP contribution in [0.25, 0.3) is 0 Å². The van der Waals surface area contributed by atoms with Gasteiger partial charge in [0.25, 0.3) is 0 Å². The van der Waals surface area contributed by atoms with Gasteiger partial charge in [0.2, 0.25) is 0 Å². The molecule has 0 spiro atoms. The second-order valence-corrected chi connectivity index (χ2v) is 6.07. The van der Waals surface area contributed by atoms with Gasteiger partial charge in [0.1, 0.15) is 11.8 Å². The molecule has 0 N–H and O–H groups in total. The van der Waals surface area contributed by atoms with Crippen LogP contribution in [0.5, 0.6) is 0 Å². The molecular formula is C15H17ClN2O2S. The lowest BCUT2D eigenvalue weighted by Crippen LogP contribution is -2.08. The van der Waals surface area contributed by atoms with Crippen molar-refractivity contribution in [1.82, 2.24) is 9.78 Å². The Morgan fingerprint density at radius 2 is 2.10 bits per heavy atom. The number of halogens is 1. The van der Waals surface area contributed by atoms with Crippen molar-refractivity contribution in [2.75, 3.05) is 5.75 Å². The van der Waals surface area contributed by atoms with Gasteiger partial charge in [0, 0.05) is 17.5 Å². The molecule has 0 saturated heterocycles. The summed E-state index contributed by atoms with van der Waals surface area (Å²) in [6.45, 7) is 4.02. The Bertz CT molecular complexity index is 655. The number of thioether (sulfide) groups is 1. The van der Waals surface area contributed by atoms with Crippen molar-refractivity contribution in [2.45, 2.75) is 25.3 Å². The van der Waals surface area contributed by atoms with E-state index >= 15 is 0 Å². The number of rotatable bonds is 5. The quantitative estimate of drug-likeness (QED) is 0.623. The largest absolute Gasteiger partial charge is 0.460 e. The zero-order valence-electron chi connectivity index (χ0n) is 12.2. The second-order valence-electron chi connectivity index (χ2n) is 4.69. The van der Waals surface area contributed by atoms with Gasteiger partial charge in [-0.1, -0.05) is 29.8 Å². The van der Waals surface area contributed by atoms with Crippen LogP contribution in [-0.4, -0.2) is 21.5 Å². The third-order valence-corrected chi connectivity index (χ3v) is 4.71. The monoisotopic (exact) mass is 324 g/mol. The van der Waals surface area contributed by atoms with Crippen LogP contribution in [0.15, 0.2) is 29.2 Å². The number of hydrogen-bond acceptors (Lipinski definition) is 4. The number of esters is 1. The molecule has 112 valence electrons. The summed E-state index contributed by atoms with van der Waals surface area (Å²) in [5, 5.41) is 4.69. The number of aryl methyl sites for hydroxylation is 3. The number of carbonyl (C=O) groups excluding carboxylic acids is 1. The topological polar surface area (TPSA) is 44.1 Å². The Morgan fingerprint density at radius 3 is 2.71 bits per heavy atom. The van der Waals surface area contributed by atoms with Gasteiger partial charge < -0.3 is 4.74 Å². The minimum atomic E-state index is -0.262. The number of nitrogens with zero attached hydrogens (tertiary/aromatic N) is 2. The van der Waals surface area contributed by atoms with Gasteiger partial charge in [-0.3, -0.25) is 9.48 Å². The molecule has 0 atom stereocenters. The molecule has 1 aromatic heterocycles. The maximum atomic E-state index is 11.8. The van der Waals surface area contributed by atoms with Crippen LogP contribution < -0.4 is 0 Å². The van der Waals surface area contributed by atoms with E-state index in [2.05, 4.69) is 5.10 Å². The first-order chi connectivity index (χ1) is 9.99. The first-order valence-electron chi connectivity index (χ1n) is 6.51. The molecule has 1 heterocycles. The molecule has 0 aliphatic carbocycles. The van der Waals surface area contributed by atoms with Crippen LogP contribution in [0.2, 0.25) is 5.15 Å². The van der Waals surface area contributed by atoms with Gasteiger partial charge in [0.05, 0.1) is 11.4 Å². The van der Waals surface area contributed by atoms with Gasteiger partial charge in [-0.15, -0.1) is 11.8 Å². The molecule has 4 nitrogen and oxygen atoms in total. The summed E-state index contributed by atoms with van der Waals surface area (Å²) in [4.78, 5) is 12.9. The number of benzene rings is 1. The Morgan fingerprint density at radius 1 is 1.38 bits per heavy atom. The molecule has 1 aromatic carbocycles. The first kappa shape index (κ1) is 15.9. The highest BCUT2D eigenvalue weighted by atomic mass is 35.5. The Kier molecular flexibility index (Phi) is 5.31. The van der Waals surface area contributed by atoms with Crippen LogP contribution in [0.3, 0.4) is 0 Å². The average molecular weight is 325 g/mol. The Labute approximate surface area is 133 Å². The SMILES string of the molecule is Cc1ccccc1SCC(=O)OCc1c(C)nn(C)c1Cl. The van der Waals surface area contributed by atoms with Crippen molar-refractivity contribution >= 4 is 29.3 Å². The van der Waals surface area contributed by atoms with Gasteiger partial charge in [0.15, 0.2) is 0 Å². The number of carbonyl (C=O) groups is 1. The summed E-state index contributed by atoms with van der Waals surface area (Å²) in [7, 11) is 1.76. The maximum absolute atomic E-state index is 11.8. The lowest BCUT2D eigenvalue weighted by molar-refractivity contribution is -0.141. The van der Waals surface area contributed by atoms with Gasteiger partial charge >= 0.3 is 5.97 Å². The number of ether oxygens (including phenoxy) is 1. The zero-order chi connectivity index (χ0) is 15.4. The molecule has 2 rings (SSSR count). The van der Waals surface area contributed by atoms with E-state index in [0.29, 0.717) is 5.15 Å². The molecule has 2 aromatic rings. The summed E-state index contributed by atoms with van der Waals surface area (Å²) in [6, 6.07) is 7.95. The van der Waals surface area contributed by atoms with Crippen molar-refractivity contribution in [3.05, 3.63) is 46.2 Å². The van der Waals surface area contributed by atoms with Crippen LogP contribution in [0, 0.1) is 13.8 Å². The van der Waals surface area contributed by atoms with Crippen LogP contribution >= 0.6 is 23.4 Å². The maximum Gasteiger partial charge on any atom is 0.316 e. The number of hydrogen-bond donors (Lipinski definition) is 0. The average Bonchev–Trinajstić information content (AvgIpc) is 2.69. The molecule has 0 saturated carbocycles. The summed E-state index contributed by atoms with van der Waals surface area (Å²) < 4.78 is 6.84. The standard InChI is InChI=1S/C15H17ClN2O2S/c1-10-6-4-5-7-13(10)21-9-14(19)20-8-12-11(2)17-18(3)15(12)16/h4-7H,8-9H2,1-3H3. The van der Waals surface area contributed by atoms with E-state index in [1.165, 1.54) is 11.8 Å². The molecule has 6 heteroatoms. The molecule has 21 heavy (non-hydrogen) atoms. The fourth-order valence-electron chi connectivity index (χ4n) is 1.89. The molecule has 0 amide bonds. The van der Waals surface area contributed by atoms with E-state index in [1.54, 1.807) is 11.7 Å². The van der Waals surface area contributed by atoms with Crippen molar-refractivity contribution in [2.24, 2.45) is 7.05 Å². The zero-order valence-corrected chi connectivity index (χ0v) is 13.8. The lowest BCUT2D eigenvalue weighted by Gasteiger charge is -2.06. The van der Waals surface area contributed by atoms with E-state index in [0.717, 1.165) is 21.7 Å². The summed E-state index contributed by atoms with van der Waals surface area (Å²) >= 11 is 7.57. The van der Waals surface area contributed by atoms with Gasteiger partial charge in [-0.05, 0) is 25.5 Å². The normalized spacial score (nSPS) is 10.7. The summed E-state index contributed by atoms with van der Waals surface area (Å²) in [5.41, 5.74) is 2.69. The fourth-order valence-corrected chi connectivity index (χ4v) is 2.94. The summed E-state index contributed by atoms with van der Waals surface area (Å²) in [6.07, 6.45) is 0. The van der Waals surface area contributed by atoms with Crippen LogP contribution in [-0.2, 0) is 23.2 Å². The van der Waals surface area contributed by atoms with Crippen LogP contribution in [0.4, 0.5) is 0 Å². The van der Waals surface area contributed by atoms with E-state index in [1.807, 2.05) is 38.1 Å². The van der Waals surface area contributed by atoms with E-state index in [9.17, 15) is 4.79 Å². The highest BCUT2D eigenvalue weighted by molar-refractivity contribution is 8.00. The smallest absolute Gasteiger partial charge is 0.316 e. The van der Waals surface area contributed by atoms with Crippen LogP contribution in [0.1, 0.15) is 16.8 Å². The predicted molar refractivity (Wildman–Crippen MR) is 84.7 cm³/mol. The van der Waals surface area contributed by atoms with E-state index < -0.39 is 0 Å². The minimum absolute atomic E-state index is 0.158. The predicted octanol–water partition coefficient (Wildman–Crippen LogP) is 3.53. The molecule has 0 unspecified atom stereocenters. The lowest BCUT2D eigenvalue weighted by atomic mass is 10.2. The van der Waals surface area contributed by atoms with Crippen molar-refractivity contribution in [1.29, 1.82) is 0 Å². The first-order valence-corrected chi connectivity index (χ1v) is 7.87. The number of aromatic nitrogens is 2. The van der Waals surface area contributed by atoms with Gasteiger partial charge in [-0.2, -0.15) is 5.10 Å². The Balaban J connectivity index is 1.87. The Hall–Kier alpha value is -1.46. The van der Waals surface area contributed by atoms with Crippen molar-refractivity contribution in [3.63, 3.8) is 0 Å². The highest BCUT2D eigenvalue weighted by Crippen LogP contribution is 2.23. The second kappa shape index (κ2) is 7.00. The summed E-state index contributed by atoms with van der Waals surface area (Å²) in [5.74, 6) is 0.0180. The van der Waals surface area contributed by atoms with Gasteiger partial charge in [-0.25, -0.2) is 0 Å².